The van der Waals surface area contributed by atoms with Gasteiger partial charge in [-0.25, -0.2) is 4.98 Å². The molecule has 5 heteroatoms. The van der Waals surface area contributed by atoms with E-state index in [1.807, 2.05) is 44.2 Å². The van der Waals surface area contributed by atoms with E-state index in [9.17, 15) is 4.79 Å². The van der Waals surface area contributed by atoms with Crippen molar-refractivity contribution in [3.8, 4) is 0 Å². The Bertz CT molecular complexity index is 700. The molecule has 0 saturated heterocycles. The van der Waals surface area contributed by atoms with Crippen LogP contribution in [0.2, 0.25) is 0 Å². The number of rotatable bonds is 5. The maximum Gasteiger partial charge on any atom is 0.242 e. The third kappa shape index (κ3) is 3.61. The van der Waals surface area contributed by atoms with Crippen LogP contribution in [-0.2, 0) is 17.9 Å². The van der Waals surface area contributed by atoms with Crippen molar-refractivity contribution in [1.82, 2.24) is 19.4 Å². The fraction of sp³-hybridized carbons (Fsp3) is 0.579. The molecule has 0 spiro atoms. The minimum atomic E-state index is 0.185. The van der Waals surface area contributed by atoms with Crippen molar-refractivity contribution in [2.24, 2.45) is 0 Å². The Morgan fingerprint density at radius 2 is 1.88 bits per heavy atom. The second-order valence-corrected chi connectivity index (χ2v) is 7.14. The lowest BCUT2D eigenvalue weighted by Gasteiger charge is -2.31. The number of hydrogen-bond acceptors (Lipinski definition) is 3. The van der Waals surface area contributed by atoms with Gasteiger partial charge in [-0.1, -0.05) is 31.4 Å². The summed E-state index contributed by atoms with van der Waals surface area (Å²) in [4.78, 5) is 21.6. The average Bonchev–Trinajstić information content (AvgIpc) is 2.91. The van der Waals surface area contributed by atoms with Gasteiger partial charge in [0.2, 0.25) is 5.91 Å². The van der Waals surface area contributed by atoms with Crippen LogP contribution in [0.5, 0.6) is 0 Å². The molecule has 0 unspecified atom stereocenters. The average molecular weight is 328 g/mol. The summed E-state index contributed by atoms with van der Waals surface area (Å²) in [6, 6.07) is 8.47. The largest absolute Gasteiger partial charge is 0.341 e. The molecule has 130 valence electrons. The Morgan fingerprint density at radius 1 is 1.17 bits per heavy atom. The summed E-state index contributed by atoms with van der Waals surface area (Å²) in [7, 11) is 6.02. The van der Waals surface area contributed by atoms with Gasteiger partial charge in [-0.15, -0.1) is 0 Å². The highest BCUT2D eigenvalue weighted by Gasteiger charge is 2.23. The molecule has 1 fully saturated rings. The lowest BCUT2D eigenvalue weighted by Crippen LogP contribution is -2.40. The number of fused-ring (bicyclic) bond motifs is 1. The molecule has 0 radical (unpaired) electrons. The van der Waals surface area contributed by atoms with Crippen molar-refractivity contribution in [1.29, 1.82) is 0 Å². The number of hydrogen-bond donors (Lipinski definition) is 0. The first kappa shape index (κ1) is 17.0. The molecular weight excluding hydrogens is 300 g/mol. The van der Waals surface area contributed by atoms with E-state index < -0.39 is 0 Å². The summed E-state index contributed by atoms with van der Waals surface area (Å²) in [6.07, 6.45) is 6.05. The maximum atomic E-state index is 12.9. The van der Waals surface area contributed by atoms with Crippen molar-refractivity contribution in [3.05, 3.63) is 30.1 Å². The first-order valence-electron chi connectivity index (χ1n) is 8.91. The van der Waals surface area contributed by atoms with Gasteiger partial charge in [-0.3, -0.25) is 4.79 Å². The van der Waals surface area contributed by atoms with Crippen LogP contribution in [0.4, 0.5) is 0 Å². The van der Waals surface area contributed by atoms with Crippen molar-refractivity contribution in [2.75, 3.05) is 21.1 Å². The molecule has 1 aromatic carbocycles. The van der Waals surface area contributed by atoms with Crippen LogP contribution in [-0.4, -0.2) is 52.4 Å². The smallest absolute Gasteiger partial charge is 0.242 e. The van der Waals surface area contributed by atoms with Gasteiger partial charge < -0.3 is 14.4 Å². The third-order valence-electron chi connectivity index (χ3n) is 5.00. The molecule has 1 heterocycles. The fourth-order valence-electron chi connectivity index (χ4n) is 3.62. The van der Waals surface area contributed by atoms with Crippen LogP contribution in [0.25, 0.3) is 11.0 Å². The number of likely N-dealkylation sites (N-methyl/N-ethyl adjacent to an activating group) is 1. The lowest BCUT2D eigenvalue weighted by molar-refractivity contribution is -0.133. The second kappa shape index (κ2) is 7.34. The van der Waals surface area contributed by atoms with Crippen LogP contribution in [0.1, 0.15) is 37.9 Å². The Kier molecular flexibility index (Phi) is 5.19. The Labute approximate surface area is 144 Å². The van der Waals surface area contributed by atoms with Crippen molar-refractivity contribution < 1.29 is 4.79 Å². The van der Waals surface area contributed by atoms with Gasteiger partial charge in [-0.05, 0) is 39.1 Å². The van der Waals surface area contributed by atoms with Crippen molar-refractivity contribution in [2.45, 2.75) is 51.2 Å². The fourth-order valence-corrected chi connectivity index (χ4v) is 3.62. The predicted molar refractivity (Wildman–Crippen MR) is 96.8 cm³/mol. The second-order valence-electron chi connectivity index (χ2n) is 7.14. The van der Waals surface area contributed by atoms with E-state index in [1.54, 1.807) is 0 Å². The highest BCUT2D eigenvalue weighted by molar-refractivity contribution is 5.81. The highest BCUT2D eigenvalue weighted by Crippen LogP contribution is 2.23. The van der Waals surface area contributed by atoms with Crippen LogP contribution < -0.4 is 0 Å². The van der Waals surface area contributed by atoms with Gasteiger partial charge in [0.05, 0.1) is 17.6 Å². The van der Waals surface area contributed by atoms with E-state index >= 15 is 0 Å². The zero-order valence-electron chi connectivity index (χ0n) is 15.0. The molecule has 1 aliphatic carbocycles. The van der Waals surface area contributed by atoms with Crippen LogP contribution in [0.3, 0.4) is 0 Å². The van der Waals surface area contributed by atoms with Crippen LogP contribution in [0, 0.1) is 0 Å². The molecule has 0 aliphatic heterocycles. The molecule has 0 atom stereocenters. The molecule has 1 aliphatic rings. The normalized spacial score (nSPS) is 16.0. The molecular formula is C19H28N4O. The van der Waals surface area contributed by atoms with Crippen molar-refractivity contribution >= 4 is 16.9 Å². The summed E-state index contributed by atoms with van der Waals surface area (Å²) in [5.74, 6) is 1.14. The van der Waals surface area contributed by atoms with E-state index in [4.69, 9.17) is 4.98 Å². The van der Waals surface area contributed by atoms with Gasteiger partial charge in [0.1, 0.15) is 12.4 Å². The number of imidazole rings is 1. The number of amides is 1. The Morgan fingerprint density at radius 3 is 2.58 bits per heavy atom. The zero-order chi connectivity index (χ0) is 17.1. The number of benzene rings is 1. The molecule has 1 amide bonds. The van der Waals surface area contributed by atoms with E-state index in [0.29, 0.717) is 12.6 Å². The third-order valence-corrected chi connectivity index (χ3v) is 5.00. The molecule has 5 nitrogen and oxygen atoms in total. The Hall–Kier alpha value is -1.88. The maximum absolute atomic E-state index is 12.9. The van der Waals surface area contributed by atoms with E-state index in [-0.39, 0.29) is 5.91 Å². The molecule has 1 aromatic heterocycles. The number of nitrogens with zero attached hydrogens (tertiary/aromatic N) is 4. The first-order valence-corrected chi connectivity index (χ1v) is 8.91. The van der Waals surface area contributed by atoms with E-state index in [0.717, 1.165) is 36.2 Å². The molecule has 24 heavy (non-hydrogen) atoms. The monoisotopic (exact) mass is 328 g/mol. The van der Waals surface area contributed by atoms with E-state index in [2.05, 4.69) is 15.5 Å². The standard InChI is InChI=1S/C19H28N4O/c1-21(2)13-18-20-16-11-7-8-12-17(16)23(18)14-19(24)22(3)15-9-5-4-6-10-15/h7-8,11-12,15H,4-6,9-10,13-14H2,1-3H3. The summed E-state index contributed by atoms with van der Waals surface area (Å²) in [5.41, 5.74) is 2.00. The number of aromatic nitrogens is 2. The SMILES string of the molecule is CN(C)Cc1nc2ccccc2n1CC(=O)N(C)C1CCCCC1. The summed E-state index contributed by atoms with van der Waals surface area (Å²) in [6.45, 7) is 1.10. The van der Waals surface area contributed by atoms with E-state index in [1.165, 1.54) is 19.3 Å². The minimum absolute atomic E-state index is 0.185. The van der Waals surface area contributed by atoms with Gasteiger partial charge >= 0.3 is 0 Å². The van der Waals surface area contributed by atoms with Gasteiger partial charge in [-0.2, -0.15) is 0 Å². The molecule has 1 saturated carbocycles. The quantitative estimate of drug-likeness (QED) is 0.847. The van der Waals surface area contributed by atoms with Gasteiger partial charge in [0.25, 0.3) is 0 Å². The van der Waals surface area contributed by atoms with Crippen molar-refractivity contribution in [3.63, 3.8) is 0 Å². The topological polar surface area (TPSA) is 41.4 Å². The number of carbonyl (C=O) groups excluding carboxylic acids is 1. The first-order chi connectivity index (χ1) is 11.6. The summed E-state index contributed by atoms with van der Waals surface area (Å²) < 4.78 is 2.08. The Balaban J connectivity index is 1.83. The molecule has 0 N–H and O–H groups in total. The molecule has 2 aromatic rings. The highest BCUT2D eigenvalue weighted by atomic mass is 16.2. The van der Waals surface area contributed by atoms with Gasteiger partial charge in [0.15, 0.2) is 0 Å². The van der Waals surface area contributed by atoms with Crippen LogP contribution >= 0.6 is 0 Å². The minimum Gasteiger partial charge on any atom is -0.341 e. The summed E-state index contributed by atoms with van der Waals surface area (Å²) in [5, 5.41) is 0. The molecule has 3 rings (SSSR count). The predicted octanol–water partition coefficient (Wildman–Crippen LogP) is 2.89. The van der Waals surface area contributed by atoms with Gasteiger partial charge in [0, 0.05) is 13.1 Å². The zero-order valence-corrected chi connectivity index (χ0v) is 15.0. The number of carbonyl (C=O) groups is 1. The molecule has 0 bridgehead atoms. The number of para-hydroxylation sites is 2. The summed E-state index contributed by atoms with van der Waals surface area (Å²) >= 11 is 0. The lowest BCUT2D eigenvalue weighted by atomic mass is 9.94. The van der Waals surface area contributed by atoms with Crippen LogP contribution in [0.15, 0.2) is 24.3 Å².